The maximum Gasteiger partial charge on any atom is 0.261 e. The molecule has 3 nitrogen and oxygen atoms in total. The van der Waals surface area contributed by atoms with Crippen LogP contribution in [0.15, 0.2) is 12.1 Å². The number of thioether (sulfide) groups is 1. The SMILES string of the molecule is CCSC1CCCC1NC(=O)c1ccc(C#CCCO)s1. The number of hydrogen-bond acceptors (Lipinski definition) is 4. The molecule has 1 aliphatic rings. The van der Waals surface area contributed by atoms with E-state index in [4.69, 9.17) is 5.11 Å². The van der Waals surface area contributed by atoms with E-state index < -0.39 is 0 Å². The smallest absolute Gasteiger partial charge is 0.261 e. The van der Waals surface area contributed by atoms with Gasteiger partial charge in [-0.15, -0.1) is 11.3 Å². The predicted molar refractivity (Wildman–Crippen MR) is 89.9 cm³/mol. The summed E-state index contributed by atoms with van der Waals surface area (Å²) in [5.74, 6) is 6.96. The summed E-state index contributed by atoms with van der Waals surface area (Å²) >= 11 is 3.36. The number of hydrogen-bond donors (Lipinski definition) is 2. The second-order valence-corrected chi connectivity index (χ2v) is 7.54. The number of amides is 1. The van der Waals surface area contributed by atoms with E-state index in [1.165, 1.54) is 24.2 Å². The van der Waals surface area contributed by atoms with Crippen molar-refractivity contribution in [3.63, 3.8) is 0 Å². The summed E-state index contributed by atoms with van der Waals surface area (Å²) in [7, 11) is 0. The normalized spacial score (nSPS) is 20.9. The monoisotopic (exact) mass is 323 g/mol. The summed E-state index contributed by atoms with van der Waals surface area (Å²) in [6.07, 6.45) is 3.95. The maximum atomic E-state index is 12.3. The molecule has 114 valence electrons. The highest BCUT2D eigenvalue weighted by molar-refractivity contribution is 7.99. The summed E-state index contributed by atoms with van der Waals surface area (Å²) in [5, 5.41) is 12.4. The van der Waals surface area contributed by atoms with Crippen LogP contribution in [0.25, 0.3) is 0 Å². The van der Waals surface area contributed by atoms with Gasteiger partial charge in [-0.25, -0.2) is 0 Å². The number of aliphatic hydroxyl groups excluding tert-OH is 1. The topological polar surface area (TPSA) is 49.3 Å². The van der Waals surface area contributed by atoms with Crippen molar-refractivity contribution in [1.82, 2.24) is 5.32 Å². The average molecular weight is 323 g/mol. The Balaban J connectivity index is 1.93. The Labute approximate surface area is 134 Å². The molecule has 1 saturated carbocycles. The van der Waals surface area contributed by atoms with Crippen LogP contribution in [0.3, 0.4) is 0 Å². The van der Waals surface area contributed by atoms with Crippen molar-refractivity contribution in [2.75, 3.05) is 12.4 Å². The molecule has 0 aliphatic heterocycles. The van der Waals surface area contributed by atoms with Gasteiger partial charge in [0, 0.05) is 17.7 Å². The van der Waals surface area contributed by atoms with E-state index >= 15 is 0 Å². The lowest BCUT2D eigenvalue weighted by Gasteiger charge is -2.19. The fourth-order valence-electron chi connectivity index (χ4n) is 2.48. The van der Waals surface area contributed by atoms with Crippen LogP contribution in [0.2, 0.25) is 0 Å². The van der Waals surface area contributed by atoms with Crippen molar-refractivity contribution in [3.05, 3.63) is 21.9 Å². The van der Waals surface area contributed by atoms with E-state index in [9.17, 15) is 4.79 Å². The molecular weight excluding hydrogens is 302 g/mol. The average Bonchev–Trinajstić information content (AvgIpc) is 3.10. The van der Waals surface area contributed by atoms with Crippen LogP contribution in [0.5, 0.6) is 0 Å². The second-order valence-electron chi connectivity index (χ2n) is 4.94. The molecule has 2 atom stereocenters. The van der Waals surface area contributed by atoms with Crippen LogP contribution >= 0.6 is 23.1 Å². The van der Waals surface area contributed by atoms with Crippen molar-refractivity contribution in [2.45, 2.75) is 43.9 Å². The Morgan fingerprint density at radius 2 is 2.38 bits per heavy atom. The molecule has 0 aromatic carbocycles. The Hall–Kier alpha value is -0.960. The Morgan fingerprint density at radius 3 is 3.14 bits per heavy atom. The van der Waals surface area contributed by atoms with Crippen LogP contribution in [-0.2, 0) is 0 Å². The van der Waals surface area contributed by atoms with Gasteiger partial charge in [-0.2, -0.15) is 11.8 Å². The molecule has 2 unspecified atom stereocenters. The van der Waals surface area contributed by atoms with E-state index in [-0.39, 0.29) is 12.5 Å². The summed E-state index contributed by atoms with van der Waals surface area (Å²) in [6, 6.07) is 4.00. The third-order valence-corrected chi connectivity index (χ3v) is 5.75. The molecule has 2 rings (SSSR count). The lowest BCUT2D eigenvalue weighted by molar-refractivity contribution is 0.0943. The van der Waals surface area contributed by atoms with Crippen molar-refractivity contribution >= 4 is 29.0 Å². The van der Waals surface area contributed by atoms with Gasteiger partial charge in [-0.1, -0.05) is 25.2 Å². The van der Waals surface area contributed by atoms with Gasteiger partial charge in [0.1, 0.15) is 0 Å². The van der Waals surface area contributed by atoms with Crippen LogP contribution < -0.4 is 5.32 Å². The van der Waals surface area contributed by atoms with Gasteiger partial charge in [-0.3, -0.25) is 4.79 Å². The molecule has 2 N–H and O–H groups in total. The van der Waals surface area contributed by atoms with Gasteiger partial charge in [0.15, 0.2) is 0 Å². The highest BCUT2D eigenvalue weighted by atomic mass is 32.2. The molecule has 1 amide bonds. The number of carbonyl (C=O) groups excluding carboxylic acids is 1. The minimum absolute atomic E-state index is 0.0174. The van der Waals surface area contributed by atoms with Gasteiger partial charge >= 0.3 is 0 Å². The Kier molecular flexibility index (Phi) is 6.62. The van der Waals surface area contributed by atoms with Crippen molar-refractivity contribution in [3.8, 4) is 11.8 Å². The first kappa shape index (κ1) is 16.4. The third kappa shape index (κ3) is 4.77. The van der Waals surface area contributed by atoms with Crippen molar-refractivity contribution < 1.29 is 9.90 Å². The van der Waals surface area contributed by atoms with Gasteiger partial charge in [0.25, 0.3) is 5.91 Å². The molecule has 1 fully saturated rings. The van der Waals surface area contributed by atoms with E-state index in [1.54, 1.807) is 0 Å². The molecule has 1 aliphatic carbocycles. The van der Waals surface area contributed by atoms with E-state index in [2.05, 4.69) is 24.1 Å². The predicted octanol–water partition coefficient (Wildman–Crippen LogP) is 2.89. The fraction of sp³-hybridized carbons (Fsp3) is 0.562. The molecule has 1 aromatic rings. The lowest BCUT2D eigenvalue weighted by Crippen LogP contribution is -2.38. The molecule has 5 heteroatoms. The van der Waals surface area contributed by atoms with Crippen LogP contribution in [0.1, 0.15) is 47.2 Å². The van der Waals surface area contributed by atoms with Crippen LogP contribution in [-0.4, -0.2) is 34.7 Å². The Bertz CT molecular complexity index is 530. The van der Waals surface area contributed by atoms with Crippen LogP contribution in [0, 0.1) is 11.8 Å². The van der Waals surface area contributed by atoms with E-state index in [0.29, 0.717) is 17.7 Å². The molecule has 1 aromatic heterocycles. The van der Waals surface area contributed by atoms with E-state index in [1.807, 2.05) is 23.9 Å². The quantitative estimate of drug-likeness (QED) is 0.819. The maximum absolute atomic E-state index is 12.3. The molecule has 0 bridgehead atoms. The first-order chi connectivity index (χ1) is 10.2. The first-order valence-corrected chi connectivity index (χ1v) is 9.23. The minimum Gasteiger partial charge on any atom is -0.395 e. The summed E-state index contributed by atoms with van der Waals surface area (Å²) in [4.78, 5) is 13.9. The van der Waals surface area contributed by atoms with E-state index in [0.717, 1.165) is 21.9 Å². The van der Waals surface area contributed by atoms with Gasteiger partial charge in [0.2, 0.25) is 0 Å². The molecule has 1 heterocycles. The minimum atomic E-state index is 0.0174. The number of thiophene rings is 1. The fourth-order valence-corrected chi connectivity index (χ4v) is 4.46. The Morgan fingerprint density at radius 1 is 1.52 bits per heavy atom. The molecule has 0 spiro atoms. The van der Waals surface area contributed by atoms with Gasteiger partial charge in [-0.05, 0) is 30.7 Å². The molecular formula is C16H21NO2S2. The zero-order valence-electron chi connectivity index (χ0n) is 12.2. The second kappa shape index (κ2) is 8.47. The lowest BCUT2D eigenvalue weighted by atomic mass is 10.2. The third-order valence-electron chi connectivity index (χ3n) is 3.43. The molecule has 0 saturated heterocycles. The zero-order valence-corrected chi connectivity index (χ0v) is 13.9. The highest BCUT2D eigenvalue weighted by Gasteiger charge is 2.28. The van der Waals surface area contributed by atoms with Crippen molar-refractivity contribution in [2.24, 2.45) is 0 Å². The van der Waals surface area contributed by atoms with Gasteiger partial charge < -0.3 is 10.4 Å². The van der Waals surface area contributed by atoms with Crippen LogP contribution in [0.4, 0.5) is 0 Å². The number of nitrogens with one attached hydrogen (secondary N) is 1. The summed E-state index contributed by atoms with van der Waals surface area (Å²) < 4.78 is 0. The van der Waals surface area contributed by atoms with Gasteiger partial charge in [0.05, 0.1) is 16.4 Å². The zero-order chi connectivity index (χ0) is 15.1. The number of carbonyl (C=O) groups is 1. The number of aliphatic hydroxyl groups is 1. The first-order valence-electron chi connectivity index (χ1n) is 7.36. The molecule has 21 heavy (non-hydrogen) atoms. The summed E-state index contributed by atoms with van der Waals surface area (Å²) in [5.41, 5.74) is 0. The summed E-state index contributed by atoms with van der Waals surface area (Å²) in [6.45, 7) is 2.24. The molecule has 0 radical (unpaired) electrons. The number of rotatable bonds is 5. The standard InChI is InChI=1S/C16H21NO2S2/c1-2-20-14-8-5-7-13(14)17-16(19)15-10-9-12(21-15)6-3-4-11-18/h9-10,13-14,18H,2,4-5,7-8,11H2,1H3,(H,17,19). The van der Waals surface area contributed by atoms with Crippen molar-refractivity contribution in [1.29, 1.82) is 0 Å². The largest absolute Gasteiger partial charge is 0.395 e. The highest BCUT2D eigenvalue weighted by Crippen LogP contribution is 2.30.